The second-order valence-corrected chi connectivity index (χ2v) is 5.91. The van der Waals surface area contributed by atoms with Crippen LogP contribution in [0.25, 0.3) is 0 Å². The van der Waals surface area contributed by atoms with Gasteiger partial charge >= 0.3 is 6.01 Å². The van der Waals surface area contributed by atoms with Crippen LogP contribution in [0.3, 0.4) is 0 Å². The fourth-order valence-corrected chi connectivity index (χ4v) is 3.21. The van der Waals surface area contributed by atoms with Gasteiger partial charge in [0.05, 0.1) is 12.7 Å². The van der Waals surface area contributed by atoms with E-state index in [0.717, 1.165) is 13.1 Å². The minimum absolute atomic E-state index is 0.0126. The number of piperidine rings is 1. The van der Waals surface area contributed by atoms with Crippen molar-refractivity contribution in [3.8, 4) is 6.01 Å². The summed E-state index contributed by atoms with van der Waals surface area (Å²) in [5.41, 5.74) is 0.529. The molecular formula is C15H22N4O2. The van der Waals surface area contributed by atoms with E-state index in [2.05, 4.69) is 21.8 Å². The van der Waals surface area contributed by atoms with Crippen LogP contribution >= 0.6 is 0 Å². The monoisotopic (exact) mass is 290 g/mol. The summed E-state index contributed by atoms with van der Waals surface area (Å²) in [7, 11) is 1.51. The number of aromatic nitrogens is 2. The number of carbonyl (C=O) groups is 1. The van der Waals surface area contributed by atoms with Crippen molar-refractivity contribution in [2.24, 2.45) is 0 Å². The first-order valence-corrected chi connectivity index (χ1v) is 7.60. The third-order valence-electron chi connectivity index (χ3n) is 4.53. The number of rotatable bonds is 3. The van der Waals surface area contributed by atoms with Crippen molar-refractivity contribution >= 4 is 5.91 Å². The first-order valence-electron chi connectivity index (χ1n) is 7.60. The lowest BCUT2D eigenvalue weighted by molar-refractivity contribution is 0.00207. The standard InChI is InChI=1S/C15H22N4O2/c1-11-5-3-4-6-19(11)13-9-18(10-13)14(20)12-7-16-15(21-2)17-8-12/h7-8,11,13H,3-6,9-10H2,1-2H3/t11-/m1/s1. The molecule has 0 aliphatic carbocycles. The molecule has 0 bridgehead atoms. The molecule has 3 heterocycles. The smallest absolute Gasteiger partial charge is 0.316 e. The zero-order chi connectivity index (χ0) is 14.8. The Morgan fingerprint density at radius 1 is 1.29 bits per heavy atom. The molecule has 0 aromatic carbocycles. The minimum Gasteiger partial charge on any atom is -0.467 e. The Morgan fingerprint density at radius 2 is 2.00 bits per heavy atom. The summed E-state index contributed by atoms with van der Waals surface area (Å²) in [4.78, 5) is 24.7. The Kier molecular flexibility index (Phi) is 4.05. The van der Waals surface area contributed by atoms with Gasteiger partial charge in [0.25, 0.3) is 5.91 Å². The molecule has 0 spiro atoms. The number of amides is 1. The Labute approximate surface area is 125 Å². The average Bonchev–Trinajstić information content (AvgIpc) is 2.47. The van der Waals surface area contributed by atoms with E-state index in [-0.39, 0.29) is 11.9 Å². The van der Waals surface area contributed by atoms with Crippen molar-refractivity contribution in [3.63, 3.8) is 0 Å². The molecule has 1 atom stereocenters. The second-order valence-electron chi connectivity index (χ2n) is 5.91. The zero-order valence-corrected chi connectivity index (χ0v) is 12.7. The van der Waals surface area contributed by atoms with Gasteiger partial charge in [-0.05, 0) is 26.3 Å². The highest BCUT2D eigenvalue weighted by atomic mass is 16.5. The van der Waals surface area contributed by atoms with Gasteiger partial charge < -0.3 is 9.64 Å². The minimum atomic E-state index is 0.0126. The summed E-state index contributed by atoms with van der Waals surface area (Å²) < 4.78 is 4.90. The van der Waals surface area contributed by atoms with Crippen LogP contribution in [0.15, 0.2) is 12.4 Å². The van der Waals surface area contributed by atoms with Crippen LogP contribution in [-0.2, 0) is 0 Å². The van der Waals surface area contributed by atoms with Crippen LogP contribution in [0.4, 0.5) is 0 Å². The van der Waals surface area contributed by atoms with Gasteiger partial charge in [0, 0.05) is 37.6 Å². The van der Waals surface area contributed by atoms with Gasteiger partial charge in [-0.1, -0.05) is 6.42 Å². The molecule has 6 nitrogen and oxygen atoms in total. The summed E-state index contributed by atoms with van der Waals surface area (Å²) in [6.07, 6.45) is 6.95. The third kappa shape index (κ3) is 2.85. The number of likely N-dealkylation sites (tertiary alicyclic amines) is 2. The van der Waals surface area contributed by atoms with E-state index >= 15 is 0 Å². The van der Waals surface area contributed by atoms with Crippen LogP contribution in [0.5, 0.6) is 6.01 Å². The molecule has 1 aromatic heterocycles. The maximum Gasteiger partial charge on any atom is 0.316 e. The molecule has 1 aromatic rings. The van der Waals surface area contributed by atoms with Gasteiger partial charge in [-0.3, -0.25) is 9.69 Å². The molecule has 6 heteroatoms. The van der Waals surface area contributed by atoms with Gasteiger partial charge in [-0.15, -0.1) is 0 Å². The molecule has 114 valence electrons. The Hall–Kier alpha value is -1.69. The first-order chi connectivity index (χ1) is 10.2. The molecule has 2 aliphatic rings. The first kappa shape index (κ1) is 14.3. The number of ether oxygens (including phenoxy) is 1. The second kappa shape index (κ2) is 5.97. The summed E-state index contributed by atoms with van der Waals surface area (Å²) >= 11 is 0. The lowest BCUT2D eigenvalue weighted by atomic mass is 9.97. The highest BCUT2D eigenvalue weighted by molar-refractivity contribution is 5.94. The lowest BCUT2D eigenvalue weighted by Gasteiger charge is -2.49. The van der Waals surface area contributed by atoms with E-state index in [1.54, 1.807) is 0 Å². The van der Waals surface area contributed by atoms with Gasteiger partial charge in [-0.25, -0.2) is 9.97 Å². The van der Waals surface area contributed by atoms with E-state index in [9.17, 15) is 4.79 Å². The van der Waals surface area contributed by atoms with Crippen molar-refractivity contribution in [2.45, 2.75) is 38.3 Å². The van der Waals surface area contributed by atoms with Crippen molar-refractivity contribution in [1.82, 2.24) is 19.8 Å². The van der Waals surface area contributed by atoms with Crippen LogP contribution in [0.2, 0.25) is 0 Å². The quantitative estimate of drug-likeness (QED) is 0.837. The predicted molar refractivity (Wildman–Crippen MR) is 78.3 cm³/mol. The van der Waals surface area contributed by atoms with E-state index in [4.69, 9.17) is 4.74 Å². The Bertz CT molecular complexity index is 499. The van der Waals surface area contributed by atoms with E-state index in [0.29, 0.717) is 17.6 Å². The summed E-state index contributed by atoms with van der Waals surface area (Å²) in [6.45, 7) is 5.09. The molecule has 1 amide bonds. The summed E-state index contributed by atoms with van der Waals surface area (Å²) in [5, 5.41) is 0. The number of nitrogens with zero attached hydrogens (tertiary/aromatic N) is 4. The van der Waals surface area contributed by atoms with Crippen molar-refractivity contribution in [3.05, 3.63) is 18.0 Å². The van der Waals surface area contributed by atoms with Gasteiger partial charge in [0.2, 0.25) is 0 Å². The maximum atomic E-state index is 12.3. The lowest BCUT2D eigenvalue weighted by Crippen LogP contribution is -2.63. The molecule has 21 heavy (non-hydrogen) atoms. The Morgan fingerprint density at radius 3 is 2.62 bits per heavy atom. The van der Waals surface area contributed by atoms with Crippen LogP contribution in [0, 0.1) is 0 Å². The van der Waals surface area contributed by atoms with Crippen LogP contribution < -0.4 is 4.74 Å². The van der Waals surface area contributed by atoms with E-state index in [1.807, 2.05) is 4.90 Å². The van der Waals surface area contributed by atoms with Gasteiger partial charge in [0.1, 0.15) is 0 Å². The predicted octanol–water partition coefficient (Wildman–Crippen LogP) is 1.18. The molecule has 2 fully saturated rings. The number of carbonyl (C=O) groups excluding carboxylic acids is 1. The van der Waals surface area contributed by atoms with Crippen molar-refractivity contribution in [2.75, 3.05) is 26.7 Å². The van der Waals surface area contributed by atoms with Crippen molar-refractivity contribution in [1.29, 1.82) is 0 Å². The molecular weight excluding hydrogens is 268 g/mol. The number of hydrogen-bond donors (Lipinski definition) is 0. The largest absolute Gasteiger partial charge is 0.467 e. The highest BCUT2D eigenvalue weighted by Gasteiger charge is 2.37. The zero-order valence-electron chi connectivity index (χ0n) is 12.7. The molecule has 0 unspecified atom stereocenters. The Balaban J connectivity index is 1.56. The maximum absolute atomic E-state index is 12.3. The van der Waals surface area contributed by atoms with E-state index < -0.39 is 0 Å². The molecule has 2 aliphatic heterocycles. The SMILES string of the molecule is COc1ncc(C(=O)N2CC(N3CCCC[C@H]3C)C2)cn1. The molecule has 0 N–H and O–H groups in total. The van der Waals surface area contributed by atoms with Crippen molar-refractivity contribution < 1.29 is 9.53 Å². The topological polar surface area (TPSA) is 58.6 Å². The van der Waals surface area contributed by atoms with Gasteiger partial charge in [0.15, 0.2) is 0 Å². The molecule has 0 saturated carbocycles. The molecule has 3 rings (SSSR count). The van der Waals surface area contributed by atoms with E-state index in [1.165, 1.54) is 45.3 Å². The summed E-state index contributed by atoms with van der Waals surface area (Å²) in [6, 6.07) is 1.45. The number of hydrogen-bond acceptors (Lipinski definition) is 5. The average molecular weight is 290 g/mol. The summed E-state index contributed by atoms with van der Waals surface area (Å²) in [5.74, 6) is 0.0126. The van der Waals surface area contributed by atoms with Gasteiger partial charge in [-0.2, -0.15) is 0 Å². The highest BCUT2D eigenvalue weighted by Crippen LogP contribution is 2.25. The fraction of sp³-hybridized carbons (Fsp3) is 0.667. The molecule has 0 radical (unpaired) electrons. The molecule has 2 saturated heterocycles. The third-order valence-corrected chi connectivity index (χ3v) is 4.53. The normalized spacial score (nSPS) is 23.7. The number of methoxy groups -OCH3 is 1. The van der Waals surface area contributed by atoms with Crippen LogP contribution in [0.1, 0.15) is 36.5 Å². The fourth-order valence-electron chi connectivity index (χ4n) is 3.21. The van der Waals surface area contributed by atoms with Crippen LogP contribution in [-0.4, -0.2) is 64.5 Å².